The van der Waals surface area contributed by atoms with E-state index in [0.29, 0.717) is 0 Å². The van der Waals surface area contributed by atoms with Crippen molar-refractivity contribution in [2.24, 2.45) is 0 Å². The van der Waals surface area contributed by atoms with Gasteiger partial charge in [-0.25, -0.2) is 0 Å². The molecule has 1 aliphatic rings. The largest absolute Gasteiger partial charge is 0.281 e. The van der Waals surface area contributed by atoms with Gasteiger partial charge in [0.2, 0.25) is 0 Å². The predicted octanol–water partition coefficient (Wildman–Crippen LogP) is 6.34. The van der Waals surface area contributed by atoms with Crippen LogP contribution >= 0.6 is 0 Å². The van der Waals surface area contributed by atoms with Gasteiger partial charge in [-0.3, -0.25) is 4.90 Å². The average molecular weight is 341 g/mol. The van der Waals surface area contributed by atoms with Crippen LogP contribution in [0.2, 0.25) is 0 Å². The van der Waals surface area contributed by atoms with Crippen molar-refractivity contribution in [3.8, 4) is 11.1 Å². The lowest BCUT2D eigenvalue weighted by molar-refractivity contribution is 0.00410. The van der Waals surface area contributed by atoms with Gasteiger partial charge in [-0.1, -0.05) is 78.9 Å². The molecule has 0 amide bonds. The molecular weight excluding hydrogens is 314 g/mol. The van der Waals surface area contributed by atoms with Crippen molar-refractivity contribution >= 4 is 0 Å². The second-order valence-electron chi connectivity index (χ2n) is 8.28. The molecule has 4 rings (SSSR count). The molecule has 0 saturated heterocycles. The lowest BCUT2D eigenvalue weighted by atomic mass is 9.85. The minimum absolute atomic E-state index is 0.0883. The molecule has 0 aromatic heterocycles. The summed E-state index contributed by atoms with van der Waals surface area (Å²) in [5.41, 5.74) is 6.69. The van der Waals surface area contributed by atoms with Gasteiger partial charge in [-0.05, 0) is 55.5 Å². The third-order valence-corrected chi connectivity index (χ3v) is 6.00. The number of hydrogen-bond donors (Lipinski definition) is 0. The molecule has 26 heavy (non-hydrogen) atoms. The Hall–Kier alpha value is -2.38. The van der Waals surface area contributed by atoms with Crippen molar-refractivity contribution in [2.75, 3.05) is 0 Å². The van der Waals surface area contributed by atoms with E-state index >= 15 is 0 Å². The smallest absolute Gasteiger partial charge is 0.0422 e. The summed E-state index contributed by atoms with van der Waals surface area (Å²) in [6.45, 7) is 10.4. The number of hydrogen-bond acceptors (Lipinski definition) is 1. The third-order valence-electron chi connectivity index (χ3n) is 6.00. The van der Waals surface area contributed by atoms with Crippen LogP contribution in [0, 0.1) is 0 Å². The first kappa shape index (κ1) is 17.1. The molecule has 0 aliphatic carbocycles. The number of benzene rings is 3. The summed E-state index contributed by atoms with van der Waals surface area (Å²) in [4.78, 5) is 2.65. The fourth-order valence-corrected chi connectivity index (χ4v) is 4.65. The summed E-state index contributed by atoms with van der Waals surface area (Å²) >= 11 is 0. The molecule has 132 valence electrons. The lowest BCUT2D eigenvalue weighted by Crippen LogP contribution is -2.50. The van der Waals surface area contributed by atoms with Crippen molar-refractivity contribution in [1.29, 1.82) is 0 Å². The first-order chi connectivity index (χ1) is 12.4. The molecule has 0 spiro atoms. The predicted molar refractivity (Wildman–Crippen MR) is 110 cm³/mol. The van der Waals surface area contributed by atoms with Gasteiger partial charge < -0.3 is 0 Å². The summed E-state index contributed by atoms with van der Waals surface area (Å²) in [6.07, 6.45) is 0. The SMILES string of the molecule is CC1(C)c2ccccc2-c2ccccc2C(C)(C)N1Cc1ccccc1. The molecule has 3 aromatic rings. The Kier molecular flexibility index (Phi) is 4.00. The van der Waals surface area contributed by atoms with Crippen molar-refractivity contribution in [3.05, 3.63) is 95.6 Å². The van der Waals surface area contributed by atoms with E-state index < -0.39 is 0 Å². The Morgan fingerprint density at radius 1 is 0.577 bits per heavy atom. The van der Waals surface area contributed by atoms with Crippen LogP contribution in [0.25, 0.3) is 11.1 Å². The van der Waals surface area contributed by atoms with Gasteiger partial charge in [0.15, 0.2) is 0 Å². The number of rotatable bonds is 2. The highest BCUT2D eigenvalue weighted by Gasteiger charge is 2.44. The van der Waals surface area contributed by atoms with Gasteiger partial charge in [0.1, 0.15) is 0 Å². The van der Waals surface area contributed by atoms with E-state index in [1.165, 1.54) is 27.8 Å². The van der Waals surface area contributed by atoms with Gasteiger partial charge in [0.25, 0.3) is 0 Å². The van der Waals surface area contributed by atoms with Crippen molar-refractivity contribution in [1.82, 2.24) is 4.90 Å². The number of nitrogens with zero attached hydrogens (tertiary/aromatic N) is 1. The lowest BCUT2D eigenvalue weighted by Gasteiger charge is -2.48. The number of fused-ring (bicyclic) bond motifs is 3. The van der Waals surface area contributed by atoms with Crippen LogP contribution in [-0.4, -0.2) is 4.90 Å². The van der Waals surface area contributed by atoms with E-state index in [1.807, 2.05) is 0 Å². The Labute approximate surface area is 157 Å². The minimum Gasteiger partial charge on any atom is -0.281 e. The summed E-state index contributed by atoms with van der Waals surface area (Å²) in [6, 6.07) is 28.6. The first-order valence-corrected chi connectivity index (χ1v) is 9.43. The Morgan fingerprint density at radius 2 is 1.00 bits per heavy atom. The minimum atomic E-state index is -0.0883. The molecule has 1 heteroatoms. The van der Waals surface area contributed by atoms with Gasteiger partial charge in [-0.2, -0.15) is 0 Å². The molecule has 0 unspecified atom stereocenters. The topological polar surface area (TPSA) is 3.24 Å². The molecule has 0 saturated carbocycles. The standard InChI is InChI=1S/C25H27N/c1-24(2)22-16-10-8-14-20(22)21-15-9-11-17-23(21)25(3,4)26(24)18-19-12-6-5-7-13-19/h5-17H,18H2,1-4H3. The van der Waals surface area contributed by atoms with Crippen LogP contribution in [-0.2, 0) is 17.6 Å². The molecule has 0 fully saturated rings. The monoisotopic (exact) mass is 341 g/mol. The van der Waals surface area contributed by atoms with Gasteiger partial charge in [-0.15, -0.1) is 0 Å². The van der Waals surface area contributed by atoms with E-state index in [2.05, 4.69) is 111 Å². The molecule has 0 atom stereocenters. The maximum atomic E-state index is 2.65. The summed E-state index contributed by atoms with van der Waals surface area (Å²) < 4.78 is 0. The highest BCUT2D eigenvalue weighted by molar-refractivity contribution is 5.74. The Balaban J connectivity index is 1.97. The maximum Gasteiger partial charge on any atom is 0.0422 e. The molecule has 0 radical (unpaired) electrons. The first-order valence-electron chi connectivity index (χ1n) is 9.43. The van der Waals surface area contributed by atoms with E-state index in [0.717, 1.165) is 6.54 Å². The molecule has 3 aromatic carbocycles. The van der Waals surface area contributed by atoms with Crippen molar-refractivity contribution < 1.29 is 0 Å². The molecule has 1 nitrogen and oxygen atoms in total. The van der Waals surface area contributed by atoms with Crippen LogP contribution in [0.1, 0.15) is 44.4 Å². The second kappa shape index (κ2) is 6.10. The van der Waals surface area contributed by atoms with E-state index in [-0.39, 0.29) is 11.1 Å². The van der Waals surface area contributed by atoms with Crippen LogP contribution in [0.15, 0.2) is 78.9 Å². The third kappa shape index (κ3) is 2.59. The van der Waals surface area contributed by atoms with E-state index in [4.69, 9.17) is 0 Å². The zero-order chi connectivity index (χ0) is 18.4. The molecule has 0 bridgehead atoms. The Morgan fingerprint density at radius 3 is 1.50 bits per heavy atom. The van der Waals surface area contributed by atoms with Crippen LogP contribution in [0.3, 0.4) is 0 Å². The summed E-state index contributed by atoms with van der Waals surface area (Å²) in [7, 11) is 0. The molecule has 1 heterocycles. The maximum absolute atomic E-state index is 2.65. The molecule has 1 aliphatic heterocycles. The second-order valence-corrected chi connectivity index (χ2v) is 8.28. The highest BCUT2D eigenvalue weighted by atomic mass is 15.3. The van der Waals surface area contributed by atoms with E-state index in [9.17, 15) is 0 Å². The molecule has 0 N–H and O–H groups in total. The van der Waals surface area contributed by atoms with Crippen molar-refractivity contribution in [2.45, 2.75) is 45.3 Å². The van der Waals surface area contributed by atoms with Crippen molar-refractivity contribution in [3.63, 3.8) is 0 Å². The summed E-state index contributed by atoms with van der Waals surface area (Å²) in [5.74, 6) is 0. The fraction of sp³-hybridized carbons (Fsp3) is 0.280. The zero-order valence-electron chi connectivity index (χ0n) is 16.2. The van der Waals surface area contributed by atoms with Gasteiger partial charge in [0, 0.05) is 17.6 Å². The van der Waals surface area contributed by atoms with Crippen LogP contribution in [0.4, 0.5) is 0 Å². The quantitative estimate of drug-likeness (QED) is 0.526. The van der Waals surface area contributed by atoms with Crippen LogP contribution < -0.4 is 0 Å². The highest BCUT2D eigenvalue weighted by Crippen LogP contribution is 2.49. The Bertz CT molecular complexity index is 864. The summed E-state index contributed by atoms with van der Waals surface area (Å²) in [5, 5.41) is 0. The van der Waals surface area contributed by atoms with Gasteiger partial charge in [0.05, 0.1) is 0 Å². The zero-order valence-corrected chi connectivity index (χ0v) is 16.2. The fourth-order valence-electron chi connectivity index (χ4n) is 4.65. The average Bonchev–Trinajstić information content (AvgIpc) is 2.71. The van der Waals surface area contributed by atoms with E-state index in [1.54, 1.807) is 0 Å². The molecular formula is C25H27N. The van der Waals surface area contributed by atoms with Gasteiger partial charge >= 0.3 is 0 Å². The van der Waals surface area contributed by atoms with Crippen LogP contribution in [0.5, 0.6) is 0 Å². The normalized spacial score (nSPS) is 17.8.